The molecule has 5 nitrogen and oxygen atoms in total. The number of halogens is 1. The van der Waals surface area contributed by atoms with Crippen LogP contribution in [-0.2, 0) is 15.7 Å². The summed E-state index contributed by atoms with van der Waals surface area (Å²) < 4.78 is 12.8. The van der Waals surface area contributed by atoms with Gasteiger partial charge in [0, 0.05) is 28.5 Å². The molecule has 1 aliphatic rings. The maximum absolute atomic E-state index is 13.0. The van der Waals surface area contributed by atoms with Crippen LogP contribution >= 0.6 is 22.6 Å². The summed E-state index contributed by atoms with van der Waals surface area (Å²) in [6.45, 7) is 8.41. The third-order valence-electron chi connectivity index (χ3n) is 5.19. The molecule has 0 N–H and O–H groups in total. The van der Waals surface area contributed by atoms with Crippen LogP contribution in [0, 0.1) is 0 Å². The van der Waals surface area contributed by atoms with Crippen LogP contribution in [0.1, 0.15) is 69.8 Å². The van der Waals surface area contributed by atoms with Crippen molar-refractivity contribution in [2.24, 2.45) is 0 Å². The van der Waals surface area contributed by atoms with E-state index in [2.05, 4.69) is 41.6 Å². The lowest BCUT2D eigenvalue weighted by atomic mass is 9.91. The monoisotopic (exact) mass is 523 g/mol. The van der Waals surface area contributed by atoms with E-state index in [1.165, 1.54) is 5.56 Å². The van der Waals surface area contributed by atoms with Gasteiger partial charge in [-0.3, -0.25) is 4.79 Å². The van der Waals surface area contributed by atoms with Crippen LogP contribution in [0.3, 0.4) is 0 Å². The summed E-state index contributed by atoms with van der Waals surface area (Å²) >= 11 is 2.33. The summed E-state index contributed by atoms with van der Waals surface area (Å²) in [4.78, 5) is 27.3. The highest BCUT2D eigenvalue weighted by Gasteiger charge is 2.34. The van der Waals surface area contributed by atoms with Crippen LogP contribution in [0.5, 0.6) is 0 Å². The van der Waals surface area contributed by atoms with Gasteiger partial charge in [-0.05, 0) is 32.8 Å². The number of rotatable bonds is 5. The number of carbonyl (C=O) groups is 1. The first kappa shape index (κ1) is 22.8. The fourth-order valence-electron chi connectivity index (χ4n) is 3.67. The minimum atomic E-state index is -0.574. The van der Waals surface area contributed by atoms with Gasteiger partial charge < -0.3 is 14.1 Å². The molecule has 2 aromatic rings. The van der Waals surface area contributed by atoms with Crippen molar-refractivity contribution < 1.29 is 13.9 Å². The average molecular weight is 523 g/mol. The lowest BCUT2D eigenvalue weighted by molar-refractivity contribution is 0.0191. The highest BCUT2D eigenvalue weighted by molar-refractivity contribution is 14.1. The summed E-state index contributed by atoms with van der Waals surface area (Å²) in [5.74, 6) is 1.30. The zero-order valence-corrected chi connectivity index (χ0v) is 20.3. The largest absolute Gasteiger partial charge is 0.460 e. The van der Waals surface area contributed by atoms with Crippen LogP contribution in [0.4, 0.5) is 4.79 Å². The first-order valence-electron chi connectivity index (χ1n) is 10.5. The molecule has 0 spiro atoms. The predicted octanol–water partition coefficient (Wildman–Crippen LogP) is 6.27. The van der Waals surface area contributed by atoms with Gasteiger partial charge in [-0.25, -0.2) is 4.79 Å². The fourth-order valence-corrected chi connectivity index (χ4v) is 4.17. The van der Waals surface area contributed by atoms with Crippen molar-refractivity contribution in [2.45, 2.75) is 69.4 Å². The molecule has 0 fully saturated rings. The summed E-state index contributed by atoms with van der Waals surface area (Å²) in [7, 11) is 0. The van der Waals surface area contributed by atoms with E-state index < -0.39 is 5.60 Å². The molecule has 2 heterocycles. The Labute approximate surface area is 191 Å². The molecule has 1 aromatic heterocycles. The van der Waals surface area contributed by atoms with Gasteiger partial charge in [0.2, 0.25) is 0 Å². The molecule has 1 aliphatic heterocycles. The molecule has 30 heavy (non-hydrogen) atoms. The van der Waals surface area contributed by atoms with Gasteiger partial charge in [-0.15, -0.1) is 0 Å². The second-order valence-corrected chi connectivity index (χ2v) is 9.61. The number of alkyl halides is 1. The maximum Gasteiger partial charge on any atom is 0.410 e. The maximum atomic E-state index is 13.0. The number of fused-ring (bicyclic) bond motifs is 1. The Morgan fingerprint density at radius 3 is 2.57 bits per heavy atom. The topological polar surface area (TPSA) is 59.8 Å². The first-order valence-corrected chi connectivity index (χ1v) is 12.0. The third kappa shape index (κ3) is 5.45. The number of benzene rings is 1. The molecule has 1 amide bonds. The highest BCUT2D eigenvalue weighted by atomic mass is 127. The van der Waals surface area contributed by atoms with Crippen molar-refractivity contribution in [1.82, 2.24) is 4.90 Å². The molecule has 1 atom stereocenters. The molecule has 0 saturated heterocycles. The molecule has 1 aromatic carbocycles. The Balaban J connectivity index is 1.97. The van der Waals surface area contributed by atoms with E-state index in [1.54, 1.807) is 11.0 Å². The van der Waals surface area contributed by atoms with E-state index in [0.717, 1.165) is 35.0 Å². The van der Waals surface area contributed by atoms with E-state index in [0.29, 0.717) is 17.9 Å². The van der Waals surface area contributed by atoms with Crippen molar-refractivity contribution in [1.29, 1.82) is 0 Å². The van der Waals surface area contributed by atoms with Gasteiger partial charge in [-0.2, -0.15) is 0 Å². The van der Waals surface area contributed by atoms with Crippen molar-refractivity contribution in [3.05, 3.63) is 57.4 Å². The van der Waals surface area contributed by atoms with Gasteiger partial charge in [-0.1, -0.05) is 66.6 Å². The Hall–Kier alpha value is -1.83. The molecule has 0 saturated carbocycles. The van der Waals surface area contributed by atoms with Crippen LogP contribution < -0.4 is 5.43 Å². The number of ether oxygens (including phenoxy) is 1. The lowest BCUT2D eigenvalue weighted by Gasteiger charge is -2.34. The molecule has 0 bridgehead atoms. The number of carbonyl (C=O) groups excluding carboxylic acids is 1. The van der Waals surface area contributed by atoms with Crippen molar-refractivity contribution in [2.75, 3.05) is 6.54 Å². The van der Waals surface area contributed by atoms with Crippen LogP contribution in [-0.4, -0.2) is 23.1 Å². The Morgan fingerprint density at radius 1 is 1.27 bits per heavy atom. The second kappa shape index (κ2) is 9.54. The normalized spacial score (nSPS) is 16.3. The fraction of sp³-hybridized carbons (Fsp3) is 0.500. The van der Waals surface area contributed by atoms with E-state index in [1.807, 2.05) is 32.9 Å². The zero-order valence-electron chi connectivity index (χ0n) is 18.2. The van der Waals surface area contributed by atoms with Gasteiger partial charge >= 0.3 is 6.09 Å². The number of hydrogen-bond acceptors (Lipinski definition) is 4. The third-order valence-corrected chi connectivity index (χ3v) is 6.07. The Kier molecular flexibility index (Phi) is 7.26. The molecule has 1 unspecified atom stereocenters. The number of nitrogens with zero attached hydrogens (tertiary/aromatic N) is 1. The zero-order chi connectivity index (χ0) is 21.9. The summed E-state index contributed by atoms with van der Waals surface area (Å²) in [5.41, 5.74) is 2.04. The summed E-state index contributed by atoms with van der Waals surface area (Å²) in [6.07, 6.45) is 2.53. The molecule has 162 valence electrons. The van der Waals surface area contributed by atoms with E-state index in [9.17, 15) is 9.59 Å². The highest BCUT2D eigenvalue weighted by Crippen LogP contribution is 2.34. The Bertz CT molecular complexity index is 943. The Morgan fingerprint density at radius 2 is 1.97 bits per heavy atom. The predicted molar refractivity (Wildman–Crippen MR) is 127 cm³/mol. The van der Waals surface area contributed by atoms with Crippen LogP contribution in [0.25, 0.3) is 11.3 Å². The van der Waals surface area contributed by atoms with Crippen molar-refractivity contribution in [3.8, 4) is 11.3 Å². The molecular weight excluding hydrogens is 493 g/mol. The van der Waals surface area contributed by atoms with Crippen LogP contribution in [0.15, 0.2) is 39.5 Å². The number of unbranched alkanes of at least 4 members (excludes halogenated alkanes) is 1. The average Bonchev–Trinajstić information content (AvgIpc) is 2.70. The SMILES string of the molecule is CCCCC1CN(C(=O)OC(C)(C)C)Cc2c1oc(-c1ccc(CI)cc1)cc2=O. The smallest absolute Gasteiger partial charge is 0.410 e. The molecule has 6 heteroatoms. The molecule has 0 aliphatic carbocycles. The van der Waals surface area contributed by atoms with Gasteiger partial charge in [0.05, 0.1) is 12.1 Å². The number of hydrogen-bond donors (Lipinski definition) is 0. The number of amides is 1. The minimum Gasteiger partial charge on any atom is -0.460 e. The lowest BCUT2D eigenvalue weighted by Crippen LogP contribution is -2.43. The summed E-state index contributed by atoms with van der Waals surface area (Å²) in [6, 6.07) is 9.65. The summed E-state index contributed by atoms with van der Waals surface area (Å²) in [5, 5.41) is 0. The van der Waals surface area contributed by atoms with Crippen LogP contribution in [0.2, 0.25) is 0 Å². The van der Waals surface area contributed by atoms with E-state index in [-0.39, 0.29) is 24.0 Å². The second-order valence-electron chi connectivity index (χ2n) is 8.85. The van der Waals surface area contributed by atoms with Gasteiger partial charge in [0.1, 0.15) is 17.1 Å². The van der Waals surface area contributed by atoms with Crippen molar-refractivity contribution >= 4 is 28.7 Å². The van der Waals surface area contributed by atoms with Gasteiger partial charge in [0.25, 0.3) is 0 Å². The van der Waals surface area contributed by atoms with Gasteiger partial charge in [0.15, 0.2) is 5.43 Å². The van der Waals surface area contributed by atoms with Crippen molar-refractivity contribution in [3.63, 3.8) is 0 Å². The molecular formula is C24H30INO4. The minimum absolute atomic E-state index is 0.0116. The molecule has 0 radical (unpaired) electrons. The van der Waals surface area contributed by atoms with E-state index in [4.69, 9.17) is 9.15 Å². The molecule has 3 rings (SSSR count). The standard InChI is InChI=1S/C24H30INO4/c1-5-6-7-18-14-26(23(28)30-24(2,3)4)15-19-20(27)12-21(29-22(18)19)17-10-8-16(13-25)9-11-17/h8-12,18H,5-7,13-15H2,1-4H3. The van der Waals surface area contributed by atoms with E-state index >= 15 is 0 Å². The first-order chi connectivity index (χ1) is 14.2. The quantitative estimate of drug-likeness (QED) is 0.343.